The van der Waals surface area contributed by atoms with Gasteiger partial charge in [0.1, 0.15) is 0 Å². The van der Waals surface area contributed by atoms with Crippen LogP contribution in [0, 0.1) is 12.8 Å². The number of hydrogen-bond donors (Lipinski definition) is 2. The molecule has 1 saturated heterocycles. The number of carbonyl (C=O) groups is 1. The van der Waals surface area contributed by atoms with Gasteiger partial charge in [0.05, 0.1) is 11.1 Å². The van der Waals surface area contributed by atoms with Gasteiger partial charge in [-0.15, -0.1) is 12.4 Å². The molecule has 2 aromatic heterocycles. The van der Waals surface area contributed by atoms with Crippen LogP contribution in [0.15, 0.2) is 36.7 Å². The summed E-state index contributed by atoms with van der Waals surface area (Å²) in [4.78, 5) is 22.8. The number of amides is 1. The number of hydrogen-bond acceptors (Lipinski definition) is 4. The van der Waals surface area contributed by atoms with E-state index in [0.717, 1.165) is 54.8 Å². The van der Waals surface area contributed by atoms with Gasteiger partial charge in [-0.2, -0.15) is 0 Å². The molecule has 0 atom stereocenters. The molecular weight excluding hydrogens is 423 g/mol. The van der Waals surface area contributed by atoms with Crippen LogP contribution < -0.4 is 5.32 Å². The molecule has 8 heteroatoms. The Morgan fingerprint density at radius 1 is 1.37 bits per heavy atom. The van der Waals surface area contributed by atoms with Crippen molar-refractivity contribution in [2.45, 2.75) is 19.8 Å². The zero-order valence-corrected chi connectivity index (χ0v) is 18.6. The van der Waals surface area contributed by atoms with Crippen LogP contribution in [-0.2, 0) is 4.74 Å². The second kappa shape index (κ2) is 9.69. The summed E-state index contributed by atoms with van der Waals surface area (Å²) in [7, 11) is 1.86. The summed E-state index contributed by atoms with van der Waals surface area (Å²) < 4.78 is 5.43. The summed E-state index contributed by atoms with van der Waals surface area (Å²) in [5, 5.41) is 4.84. The molecule has 1 amide bonds. The molecular formula is C22H26Cl2N4O2. The molecule has 3 heterocycles. The summed E-state index contributed by atoms with van der Waals surface area (Å²) in [5.74, 6) is 1.14. The molecule has 30 heavy (non-hydrogen) atoms. The Kier molecular flexibility index (Phi) is 7.23. The van der Waals surface area contributed by atoms with Crippen LogP contribution in [0.3, 0.4) is 0 Å². The molecule has 6 nitrogen and oxygen atoms in total. The number of ether oxygens (including phenoxy) is 1. The van der Waals surface area contributed by atoms with Crippen LogP contribution >= 0.6 is 24.0 Å². The predicted molar refractivity (Wildman–Crippen MR) is 123 cm³/mol. The molecule has 1 aliphatic rings. The quantitative estimate of drug-likeness (QED) is 0.563. The second-order valence-corrected chi connectivity index (χ2v) is 8.06. The molecule has 1 aliphatic heterocycles. The van der Waals surface area contributed by atoms with Gasteiger partial charge in [-0.05, 0) is 49.4 Å². The van der Waals surface area contributed by atoms with Gasteiger partial charge in [-0.3, -0.25) is 4.79 Å². The fourth-order valence-electron chi connectivity index (χ4n) is 3.88. The highest BCUT2D eigenvalue weighted by atomic mass is 35.5. The molecule has 4 rings (SSSR count). The van der Waals surface area contributed by atoms with Gasteiger partial charge in [0.15, 0.2) is 5.82 Å². The number of nitrogens with zero attached hydrogens (tertiary/aromatic N) is 2. The minimum Gasteiger partial charge on any atom is -0.381 e. The molecule has 0 unspecified atom stereocenters. The third-order valence-electron chi connectivity index (χ3n) is 5.44. The first-order valence-corrected chi connectivity index (χ1v) is 10.2. The van der Waals surface area contributed by atoms with Crippen molar-refractivity contribution in [2.75, 3.05) is 32.1 Å². The van der Waals surface area contributed by atoms with E-state index in [1.807, 2.05) is 49.3 Å². The Hall–Kier alpha value is -2.28. The van der Waals surface area contributed by atoms with E-state index in [9.17, 15) is 4.79 Å². The van der Waals surface area contributed by atoms with E-state index in [1.54, 1.807) is 6.20 Å². The molecule has 0 radical (unpaired) electrons. The Bertz CT molecular complexity index is 1030. The number of fused-ring (bicyclic) bond motifs is 1. The second-order valence-electron chi connectivity index (χ2n) is 7.62. The normalized spacial score (nSPS) is 14.4. The standard InChI is InChI=1S/C22H25ClN4O2.ClH/c1-14-11-24-20-19(14)18(22(28)27(2)13-15-6-8-29-9-7-15)12-25-21(20)26-17-5-3-4-16(23)10-17;/h3-5,10-12,15,24H,6-9,13H2,1-2H3,(H,25,26);1H. The zero-order valence-electron chi connectivity index (χ0n) is 17.1. The SMILES string of the molecule is Cc1c[nH]c2c(Nc3cccc(Cl)c3)ncc(C(=O)N(C)CC3CCOCC3)c12.Cl. The van der Waals surface area contributed by atoms with E-state index < -0.39 is 0 Å². The maximum Gasteiger partial charge on any atom is 0.255 e. The Labute approximate surface area is 187 Å². The van der Waals surface area contributed by atoms with Crippen molar-refractivity contribution in [2.24, 2.45) is 5.92 Å². The number of carbonyl (C=O) groups excluding carboxylic acids is 1. The lowest BCUT2D eigenvalue weighted by atomic mass is 9.99. The van der Waals surface area contributed by atoms with Crippen molar-refractivity contribution in [3.8, 4) is 0 Å². The van der Waals surface area contributed by atoms with E-state index in [1.165, 1.54) is 0 Å². The summed E-state index contributed by atoms with van der Waals surface area (Å²) in [6.45, 7) is 4.28. The number of nitrogens with one attached hydrogen (secondary N) is 2. The number of rotatable bonds is 5. The number of H-pyrrole nitrogens is 1. The maximum atomic E-state index is 13.2. The average Bonchev–Trinajstić information content (AvgIpc) is 3.11. The van der Waals surface area contributed by atoms with Gasteiger partial charge in [0, 0.05) is 55.3 Å². The lowest BCUT2D eigenvalue weighted by Crippen LogP contribution is -2.34. The van der Waals surface area contributed by atoms with Gasteiger partial charge in [0.2, 0.25) is 0 Å². The fourth-order valence-corrected chi connectivity index (χ4v) is 4.07. The Morgan fingerprint density at radius 3 is 2.87 bits per heavy atom. The highest BCUT2D eigenvalue weighted by Gasteiger charge is 2.23. The number of pyridine rings is 1. The van der Waals surface area contributed by atoms with Gasteiger partial charge in [0.25, 0.3) is 5.91 Å². The first kappa shape index (κ1) is 22.4. The third-order valence-corrected chi connectivity index (χ3v) is 5.68. The molecule has 0 spiro atoms. The molecule has 0 bridgehead atoms. The van der Waals surface area contributed by atoms with Crippen LogP contribution in [0.25, 0.3) is 10.9 Å². The lowest BCUT2D eigenvalue weighted by molar-refractivity contribution is 0.0498. The Morgan fingerprint density at radius 2 is 2.13 bits per heavy atom. The number of benzene rings is 1. The van der Waals surface area contributed by atoms with E-state index in [2.05, 4.69) is 15.3 Å². The van der Waals surface area contributed by atoms with E-state index in [-0.39, 0.29) is 18.3 Å². The molecule has 1 aromatic carbocycles. The van der Waals surface area contributed by atoms with E-state index in [0.29, 0.717) is 22.3 Å². The largest absolute Gasteiger partial charge is 0.381 e. The molecule has 2 N–H and O–H groups in total. The van der Waals surface area contributed by atoms with Crippen LogP contribution in [0.1, 0.15) is 28.8 Å². The number of aryl methyl sites for hydroxylation is 1. The van der Waals surface area contributed by atoms with E-state index >= 15 is 0 Å². The summed E-state index contributed by atoms with van der Waals surface area (Å²) in [6, 6.07) is 7.47. The first-order chi connectivity index (χ1) is 14.0. The highest BCUT2D eigenvalue weighted by molar-refractivity contribution is 6.30. The minimum atomic E-state index is -0.00834. The maximum absolute atomic E-state index is 13.2. The monoisotopic (exact) mass is 448 g/mol. The number of anilines is 2. The van der Waals surface area contributed by atoms with Crippen LogP contribution in [-0.4, -0.2) is 47.6 Å². The van der Waals surface area contributed by atoms with Crippen molar-refractivity contribution in [3.63, 3.8) is 0 Å². The number of halogens is 2. The van der Waals surface area contributed by atoms with Crippen molar-refractivity contribution in [1.82, 2.24) is 14.9 Å². The summed E-state index contributed by atoms with van der Waals surface area (Å²) >= 11 is 6.09. The number of aromatic amines is 1. The van der Waals surface area contributed by atoms with Crippen molar-refractivity contribution < 1.29 is 9.53 Å². The average molecular weight is 449 g/mol. The molecule has 0 aliphatic carbocycles. The molecule has 0 saturated carbocycles. The van der Waals surface area contributed by atoms with Gasteiger partial charge < -0.3 is 19.9 Å². The van der Waals surface area contributed by atoms with Crippen LogP contribution in [0.2, 0.25) is 5.02 Å². The molecule has 3 aromatic rings. The van der Waals surface area contributed by atoms with Gasteiger partial charge in [-0.1, -0.05) is 17.7 Å². The van der Waals surface area contributed by atoms with Crippen molar-refractivity contribution >= 4 is 52.3 Å². The van der Waals surface area contributed by atoms with Gasteiger partial charge >= 0.3 is 0 Å². The molecule has 160 valence electrons. The first-order valence-electron chi connectivity index (χ1n) is 9.85. The highest BCUT2D eigenvalue weighted by Crippen LogP contribution is 2.30. The number of aromatic nitrogens is 2. The predicted octanol–water partition coefficient (Wildman–Crippen LogP) is 5.19. The third kappa shape index (κ3) is 4.72. The van der Waals surface area contributed by atoms with Crippen LogP contribution in [0.5, 0.6) is 0 Å². The summed E-state index contributed by atoms with van der Waals surface area (Å²) in [5.41, 5.74) is 3.28. The van der Waals surface area contributed by atoms with Crippen LogP contribution in [0.4, 0.5) is 11.5 Å². The fraction of sp³-hybridized carbons (Fsp3) is 0.364. The smallest absolute Gasteiger partial charge is 0.255 e. The summed E-state index contributed by atoms with van der Waals surface area (Å²) in [6.07, 6.45) is 5.57. The topological polar surface area (TPSA) is 70.2 Å². The van der Waals surface area contributed by atoms with Gasteiger partial charge in [-0.25, -0.2) is 4.98 Å². The minimum absolute atomic E-state index is 0. The molecule has 1 fully saturated rings. The lowest BCUT2D eigenvalue weighted by Gasteiger charge is -2.27. The van der Waals surface area contributed by atoms with Crippen molar-refractivity contribution in [3.05, 3.63) is 52.8 Å². The van der Waals surface area contributed by atoms with E-state index in [4.69, 9.17) is 16.3 Å². The zero-order chi connectivity index (χ0) is 20.4. The Balaban J connectivity index is 0.00000256. The van der Waals surface area contributed by atoms with Crippen molar-refractivity contribution in [1.29, 1.82) is 0 Å².